The van der Waals surface area contributed by atoms with E-state index < -0.39 is 6.04 Å². The number of hydrogen-bond donors (Lipinski definition) is 2. The second-order valence-electron chi connectivity index (χ2n) is 5.06. The molecule has 0 saturated heterocycles. The molecule has 0 aliphatic rings. The van der Waals surface area contributed by atoms with Crippen LogP contribution in [0.5, 0.6) is 0 Å². The number of nitrogens with one attached hydrogen (secondary N) is 1. The Kier molecular flexibility index (Phi) is 5.86. The van der Waals surface area contributed by atoms with Gasteiger partial charge < -0.3 is 11.1 Å². The number of nitrogens with two attached hydrogens (primary N) is 1. The van der Waals surface area contributed by atoms with Crippen molar-refractivity contribution in [3.05, 3.63) is 29.8 Å². The Bertz CT molecular complexity index is 371. The third-order valence-electron chi connectivity index (χ3n) is 3.06. The molecule has 0 spiro atoms. The van der Waals surface area contributed by atoms with Crippen molar-refractivity contribution in [1.29, 1.82) is 0 Å². The maximum atomic E-state index is 11.8. The van der Waals surface area contributed by atoms with Crippen LogP contribution < -0.4 is 11.1 Å². The van der Waals surface area contributed by atoms with Crippen LogP contribution in [0, 0.1) is 5.92 Å². The quantitative estimate of drug-likeness (QED) is 0.813. The third kappa shape index (κ3) is 4.49. The number of anilines is 1. The van der Waals surface area contributed by atoms with Gasteiger partial charge in [0.05, 0.1) is 6.04 Å². The van der Waals surface area contributed by atoms with Gasteiger partial charge in [-0.25, -0.2) is 0 Å². The minimum absolute atomic E-state index is 0.119. The van der Waals surface area contributed by atoms with E-state index in [2.05, 4.69) is 24.4 Å². The van der Waals surface area contributed by atoms with E-state index >= 15 is 0 Å². The number of carbonyl (C=O) groups excluding carboxylic acids is 1. The van der Waals surface area contributed by atoms with Gasteiger partial charge in [0, 0.05) is 5.69 Å². The Balaban J connectivity index is 2.55. The number of unbranched alkanes of at least 4 members (excludes halogenated alkanes) is 1. The van der Waals surface area contributed by atoms with Crippen molar-refractivity contribution < 1.29 is 4.79 Å². The maximum absolute atomic E-state index is 11.8. The molecule has 0 bridgehead atoms. The van der Waals surface area contributed by atoms with Crippen LogP contribution in [0.15, 0.2) is 24.3 Å². The molecule has 1 atom stereocenters. The number of aryl methyl sites for hydroxylation is 1. The average molecular weight is 248 g/mol. The largest absolute Gasteiger partial charge is 0.325 e. The van der Waals surface area contributed by atoms with Crippen LogP contribution >= 0.6 is 0 Å². The van der Waals surface area contributed by atoms with Gasteiger partial charge in [0.25, 0.3) is 0 Å². The highest BCUT2D eigenvalue weighted by atomic mass is 16.2. The monoisotopic (exact) mass is 248 g/mol. The molecule has 100 valence electrons. The Morgan fingerprint density at radius 2 is 1.89 bits per heavy atom. The van der Waals surface area contributed by atoms with Crippen molar-refractivity contribution in [3.63, 3.8) is 0 Å². The van der Waals surface area contributed by atoms with Gasteiger partial charge in [-0.05, 0) is 36.5 Å². The average Bonchev–Trinajstić information content (AvgIpc) is 2.36. The van der Waals surface area contributed by atoms with Crippen LogP contribution in [-0.4, -0.2) is 11.9 Å². The summed E-state index contributed by atoms with van der Waals surface area (Å²) in [5.74, 6) is 0.0279. The van der Waals surface area contributed by atoms with Crippen molar-refractivity contribution >= 4 is 11.6 Å². The standard InChI is InChI=1S/C15H24N2O/c1-4-5-6-12-7-9-13(10-8-12)17-15(18)14(16)11(2)3/h7-11,14H,4-6,16H2,1-3H3,(H,17,18)/t14-/m1/s1. The fourth-order valence-corrected chi connectivity index (χ4v) is 1.66. The first-order valence-electron chi connectivity index (χ1n) is 6.70. The second kappa shape index (κ2) is 7.17. The zero-order valence-electron chi connectivity index (χ0n) is 11.6. The summed E-state index contributed by atoms with van der Waals surface area (Å²) in [6.07, 6.45) is 3.49. The zero-order valence-corrected chi connectivity index (χ0v) is 11.6. The van der Waals surface area contributed by atoms with Gasteiger partial charge in [-0.2, -0.15) is 0 Å². The van der Waals surface area contributed by atoms with Crippen molar-refractivity contribution in [2.24, 2.45) is 11.7 Å². The summed E-state index contributed by atoms with van der Waals surface area (Å²) in [4.78, 5) is 11.8. The van der Waals surface area contributed by atoms with E-state index in [4.69, 9.17) is 5.73 Å². The van der Waals surface area contributed by atoms with Crippen molar-refractivity contribution in [2.45, 2.75) is 46.1 Å². The first-order valence-corrected chi connectivity index (χ1v) is 6.70. The van der Waals surface area contributed by atoms with Crippen LogP contribution in [-0.2, 0) is 11.2 Å². The van der Waals surface area contributed by atoms with Gasteiger partial charge in [-0.3, -0.25) is 4.79 Å². The summed E-state index contributed by atoms with van der Waals surface area (Å²) in [5.41, 5.74) is 7.92. The lowest BCUT2D eigenvalue weighted by Crippen LogP contribution is -2.39. The Labute approximate surface area is 110 Å². The van der Waals surface area contributed by atoms with Gasteiger partial charge in [0.1, 0.15) is 0 Å². The molecule has 3 nitrogen and oxygen atoms in total. The fraction of sp³-hybridized carbons (Fsp3) is 0.533. The molecule has 0 aliphatic carbocycles. The summed E-state index contributed by atoms with van der Waals surface area (Å²) in [7, 11) is 0. The molecule has 1 aromatic carbocycles. The molecule has 0 aliphatic heterocycles. The predicted molar refractivity (Wildman–Crippen MR) is 76.5 cm³/mol. The van der Waals surface area contributed by atoms with E-state index in [0.717, 1.165) is 12.1 Å². The number of carbonyl (C=O) groups is 1. The van der Waals surface area contributed by atoms with E-state index in [9.17, 15) is 4.79 Å². The van der Waals surface area contributed by atoms with Gasteiger partial charge in [0.15, 0.2) is 0 Å². The van der Waals surface area contributed by atoms with Crippen molar-refractivity contribution in [3.8, 4) is 0 Å². The van der Waals surface area contributed by atoms with Crippen LogP contribution in [0.3, 0.4) is 0 Å². The first-order chi connectivity index (χ1) is 8.54. The SMILES string of the molecule is CCCCc1ccc(NC(=O)[C@H](N)C(C)C)cc1. The van der Waals surface area contributed by atoms with E-state index in [1.165, 1.54) is 18.4 Å². The topological polar surface area (TPSA) is 55.1 Å². The molecule has 0 aromatic heterocycles. The lowest BCUT2D eigenvalue weighted by atomic mass is 10.0. The lowest BCUT2D eigenvalue weighted by molar-refractivity contribution is -0.118. The predicted octanol–water partition coefficient (Wildman–Crippen LogP) is 2.95. The molecular weight excluding hydrogens is 224 g/mol. The van der Waals surface area contributed by atoms with Gasteiger partial charge >= 0.3 is 0 Å². The van der Waals surface area contributed by atoms with Crippen LogP contribution in [0.2, 0.25) is 0 Å². The Morgan fingerprint density at radius 3 is 2.39 bits per heavy atom. The van der Waals surface area contributed by atoms with Gasteiger partial charge in [-0.1, -0.05) is 39.3 Å². The molecule has 0 unspecified atom stereocenters. The van der Waals surface area contributed by atoms with Crippen LogP contribution in [0.4, 0.5) is 5.69 Å². The maximum Gasteiger partial charge on any atom is 0.241 e. The third-order valence-corrected chi connectivity index (χ3v) is 3.06. The number of benzene rings is 1. The molecule has 1 aromatic rings. The van der Waals surface area contributed by atoms with Crippen molar-refractivity contribution in [1.82, 2.24) is 0 Å². The van der Waals surface area contributed by atoms with Crippen LogP contribution in [0.1, 0.15) is 39.2 Å². The molecule has 1 amide bonds. The molecule has 3 heteroatoms. The summed E-state index contributed by atoms with van der Waals surface area (Å²) in [6, 6.07) is 7.55. The molecule has 3 N–H and O–H groups in total. The fourth-order valence-electron chi connectivity index (χ4n) is 1.66. The van der Waals surface area contributed by atoms with E-state index in [-0.39, 0.29) is 11.8 Å². The van der Waals surface area contributed by atoms with Crippen molar-refractivity contribution in [2.75, 3.05) is 5.32 Å². The van der Waals surface area contributed by atoms with Gasteiger partial charge in [0.2, 0.25) is 5.91 Å². The van der Waals surface area contributed by atoms with Gasteiger partial charge in [-0.15, -0.1) is 0 Å². The smallest absolute Gasteiger partial charge is 0.241 e. The molecule has 0 radical (unpaired) electrons. The van der Waals surface area contributed by atoms with E-state index in [0.29, 0.717) is 0 Å². The molecular formula is C15H24N2O. The first kappa shape index (κ1) is 14.7. The highest BCUT2D eigenvalue weighted by molar-refractivity contribution is 5.94. The normalized spacial score (nSPS) is 12.5. The number of rotatable bonds is 6. The Morgan fingerprint density at radius 1 is 1.28 bits per heavy atom. The molecule has 0 saturated carbocycles. The minimum Gasteiger partial charge on any atom is -0.325 e. The molecule has 0 fully saturated rings. The lowest BCUT2D eigenvalue weighted by Gasteiger charge is -2.15. The number of hydrogen-bond acceptors (Lipinski definition) is 2. The highest BCUT2D eigenvalue weighted by Gasteiger charge is 2.16. The highest BCUT2D eigenvalue weighted by Crippen LogP contribution is 2.12. The van der Waals surface area contributed by atoms with E-state index in [1.54, 1.807) is 0 Å². The number of amides is 1. The summed E-state index contributed by atoms with van der Waals surface area (Å²) < 4.78 is 0. The summed E-state index contributed by atoms with van der Waals surface area (Å²) >= 11 is 0. The zero-order chi connectivity index (χ0) is 13.5. The summed E-state index contributed by atoms with van der Waals surface area (Å²) in [6.45, 7) is 6.07. The van der Waals surface area contributed by atoms with Crippen LogP contribution in [0.25, 0.3) is 0 Å². The second-order valence-corrected chi connectivity index (χ2v) is 5.06. The summed E-state index contributed by atoms with van der Waals surface area (Å²) in [5, 5.41) is 2.84. The molecule has 0 heterocycles. The minimum atomic E-state index is -0.454. The molecule has 18 heavy (non-hydrogen) atoms. The van der Waals surface area contributed by atoms with E-state index in [1.807, 2.05) is 26.0 Å². The molecule has 1 rings (SSSR count). The Hall–Kier alpha value is -1.35.